The summed E-state index contributed by atoms with van der Waals surface area (Å²) in [6, 6.07) is 13.9. The highest BCUT2D eigenvalue weighted by Gasteiger charge is 2.56. The first-order chi connectivity index (χ1) is 13.1. The normalized spacial score (nSPS) is 20.4. The van der Waals surface area contributed by atoms with E-state index in [0.717, 1.165) is 52.2 Å². The molecule has 0 N–H and O–H groups in total. The Bertz CT molecular complexity index is 868. The molecule has 2 fully saturated rings. The molecule has 0 spiro atoms. The molecule has 1 atom stereocenters. The van der Waals surface area contributed by atoms with E-state index in [9.17, 15) is 4.79 Å². The molecule has 2 aliphatic rings. The van der Waals surface area contributed by atoms with Gasteiger partial charge in [0.2, 0.25) is 5.91 Å². The number of hydrogen-bond acceptors (Lipinski definition) is 4. The summed E-state index contributed by atoms with van der Waals surface area (Å²) in [7, 11) is 3.34. The Labute approximate surface area is 172 Å². The number of carbonyl (C=O) groups excluding carboxylic acids is 1. The van der Waals surface area contributed by atoms with Crippen LogP contribution in [0.5, 0.6) is 11.5 Å². The van der Waals surface area contributed by atoms with E-state index in [1.807, 2.05) is 41.3 Å². The lowest BCUT2D eigenvalue weighted by Gasteiger charge is -2.30. The van der Waals surface area contributed by atoms with E-state index < -0.39 is 5.41 Å². The van der Waals surface area contributed by atoms with Crippen LogP contribution in [-0.4, -0.2) is 37.3 Å². The Hall–Kier alpha value is -1.66. The van der Waals surface area contributed by atoms with E-state index >= 15 is 0 Å². The van der Waals surface area contributed by atoms with E-state index in [2.05, 4.69) is 22.0 Å². The number of nitrogens with zero attached hydrogens (tertiary/aromatic N) is 1. The van der Waals surface area contributed by atoms with Crippen LogP contribution in [0.3, 0.4) is 0 Å². The second kappa shape index (κ2) is 7.40. The zero-order chi connectivity index (χ0) is 19.0. The molecule has 1 aliphatic carbocycles. The second-order valence-corrected chi connectivity index (χ2v) is 8.99. The highest BCUT2D eigenvalue weighted by atomic mass is 79.9. The summed E-state index contributed by atoms with van der Waals surface area (Å²) in [6.07, 6.45) is 1.74. The van der Waals surface area contributed by atoms with E-state index in [4.69, 9.17) is 9.47 Å². The monoisotopic (exact) mass is 447 g/mol. The van der Waals surface area contributed by atoms with Crippen molar-refractivity contribution in [3.8, 4) is 11.5 Å². The van der Waals surface area contributed by atoms with Gasteiger partial charge in [-0.05, 0) is 37.1 Å². The van der Waals surface area contributed by atoms with Crippen molar-refractivity contribution in [1.82, 2.24) is 4.90 Å². The maximum absolute atomic E-state index is 13.7. The molecule has 2 aromatic carbocycles. The first-order valence-corrected chi connectivity index (χ1v) is 10.8. The van der Waals surface area contributed by atoms with Crippen LogP contribution >= 0.6 is 27.7 Å². The average molecular weight is 448 g/mol. The molecule has 2 aromatic rings. The van der Waals surface area contributed by atoms with Crippen molar-refractivity contribution in [3.63, 3.8) is 0 Å². The average Bonchev–Trinajstić information content (AvgIpc) is 3.36. The van der Waals surface area contributed by atoms with Gasteiger partial charge in [-0.25, -0.2) is 0 Å². The van der Waals surface area contributed by atoms with Crippen LogP contribution in [0, 0.1) is 0 Å². The minimum Gasteiger partial charge on any atom is -0.496 e. The van der Waals surface area contributed by atoms with Crippen LogP contribution in [0.15, 0.2) is 46.9 Å². The maximum Gasteiger partial charge on any atom is 0.234 e. The molecule has 1 heterocycles. The fourth-order valence-corrected chi connectivity index (χ4v) is 5.52. The molecule has 0 aromatic heterocycles. The van der Waals surface area contributed by atoms with Crippen LogP contribution < -0.4 is 9.47 Å². The largest absolute Gasteiger partial charge is 0.496 e. The minimum absolute atomic E-state index is 0.0304. The van der Waals surface area contributed by atoms with Gasteiger partial charge in [0.1, 0.15) is 16.9 Å². The number of hydrogen-bond donors (Lipinski definition) is 0. The summed E-state index contributed by atoms with van der Waals surface area (Å²) >= 11 is 5.34. The number of carbonyl (C=O) groups is 1. The fraction of sp³-hybridized carbons (Fsp3) is 0.381. The molecule has 1 aliphatic heterocycles. The summed E-state index contributed by atoms with van der Waals surface area (Å²) in [6.45, 7) is 0.751. The van der Waals surface area contributed by atoms with Crippen molar-refractivity contribution >= 4 is 33.6 Å². The van der Waals surface area contributed by atoms with Gasteiger partial charge in [0.25, 0.3) is 0 Å². The molecule has 0 bridgehead atoms. The van der Waals surface area contributed by atoms with Gasteiger partial charge >= 0.3 is 0 Å². The summed E-state index contributed by atoms with van der Waals surface area (Å²) in [4.78, 5) is 15.7. The first-order valence-electron chi connectivity index (χ1n) is 9.00. The molecule has 1 saturated heterocycles. The van der Waals surface area contributed by atoms with Gasteiger partial charge < -0.3 is 14.4 Å². The summed E-state index contributed by atoms with van der Waals surface area (Å²) in [5.74, 6) is 2.74. The third-order valence-electron chi connectivity index (χ3n) is 5.39. The van der Waals surface area contributed by atoms with Crippen molar-refractivity contribution in [2.45, 2.75) is 23.6 Å². The van der Waals surface area contributed by atoms with Crippen molar-refractivity contribution in [3.05, 3.63) is 58.1 Å². The zero-order valence-corrected chi connectivity index (χ0v) is 17.8. The quantitative estimate of drug-likeness (QED) is 0.661. The third-order valence-corrected chi connectivity index (χ3v) is 7.13. The zero-order valence-electron chi connectivity index (χ0n) is 15.4. The SMILES string of the molecule is COc1ccc(Br)cc1C1SCCN1C(=O)C1(c2ccccc2OC)CC1. The number of amides is 1. The molecule has 142 valence electrons. The molecule has 0 radical (unpaired) electrons. The molecular formula is C21H22BrNO3S. The number of benzene rings is 2. The Kier molecular flexibility index (Phi) is 5.12. The lowest BCUT2D eigenvalue weighted by molar-refractivity contribution is -0.134. The fourth-order valence-electron chi connectivity index (χ4n) is 3.87. The van der Waals surface area contributed by atoms with E-state index in [0.29, 0.717) is 0 Å². The smallest absolute Gasteiger partial charge is 0.234 e. The number of ether oxygens (including phenoxy) is 2. The molecule has 1 amide bonds. The molecule has 6 heteroatoms. The molecule has 4 nitrogen and oxygen atoms in total. The van der Waals surface area contributed by atoms with E-state index in [-0.39, 0.29) is 11.3 Å². The van der Waals surface area contributed by atoms with Crippen molar-refractivity contribution in [1.29, 1.82) is 0 Å². The van der Waals surface area contributed by atoms with Crippen LogP contribution in [0.25, 0.3) is 0 Å². The summed E-state index contributed by atoms with van der Waals surface area (Å²) in [5.41, 5.74) is 1.60. The van der Waals surface area contributed by atoms with Gasteiger partial charge in [-0.2, -0.15) is 0 Å². The maximum atomic E-state index is 13.7. The number of methoxy groups -OCH3 is 2. The first kappa shape index (κ1) is 18.7. The topological polar surface area (TPSA) is 38.8 Å². The minimum atomic E-state index is -0.449. The number of thioether (sulfide) groups is 1. The summed E-state index contributed by atoms with van der Waals surface area (Å²) < 4.78 is 12.1. The van der Waals surface area contributed by atoms with Gasteiger partial charge in [-0.3, -0.25) is 4.79 Å². The van der Waals surface area contributed by atoms with E-state index in [1.165, 1.54) is 0 Å². The number of rotatable bonds is 5. The predicted octanol–water partition coefficient (Wildman–Crippen LogP) is 4.77. The second-order valence-electron chi connectivity index (χ2n) is 6.89. The van der Waals surface area contributed by atoms with Gasteiger partial charge in [0.05, 0.1) is 19.6 Å². The molecule has 1 saturated carbocycles. The standard InChI is InChI=1S/C21H22BrNO3S/c1-25-17-8-7-14(22)13-15(17)19-23(11-12-27-19)20(24)21(9-10-21)16-5-3-4-6-18(16)26-2/h3-8,13,19H,9-12H2,1-2H3. The van der Waals surface area contributed by atoms with E-state index in [1.54, 1.807) is 26.0 Å². The number of para-hydroxylation sites is 1. The Balaban J connectivity index is 1.69. The summed E-state index contributed by atoms with van der Waals surface area (Å²) in [5, 5.41) is -0.0304. The highest BCUT2D eigenvalue weighted by Crippen LogP contribution is 2.55. The molecule has 1 unspecified atom stereocenters. The molecular weight excluding hydrogens is 426 g/mol. The van der Waals surface area contributed by atoms with Crippen molar-refractivity contribution < 1.29 is 14.3 Å². The van der Waals surface area contributed by atoms with Gasteiger partial charge in [0.15, 0.2) is 0 Å². The Morgan fingerprint density at radius 1 is 1.15 bits per heavy atom. The van der Waals surface area contributed by atoms with Gasteiger partial charge in [-0.1, -0.05) is 34.1 Å². The Morgan fingerprint density at radius 3 is 2.59 bits per heavy atom. The molecule has 4 rings (SSSR count). The highest BCUT2D eigenvalue weighted by molar-refractivity contribution is 9.10. The Morgan fingerprint density at radius 2 is 1.89 bits per heavy atom. The number of halogens is 1. The van der Waals surface area contributed by atoms with Crippen LogP contribution in [-0.2, 0) is 10.2 Å². The van der Waals surface area contributed by atoms with Gasteiger partial charge in [-0.15, -0.1) is 11.8 Å². The van der Waals surface area contributed by atoms with Gasteiger partial charge in [0, 0.05) is 27.9 Å². The lowest BCUT2D eigenvalue weighted by Crippen LogP contribution is -2.39. The predicted molar refractivity (Wildman–Crippen MR) is 112 cm³/mol. The molecule has 27 heavy (non-hydrogen) atoms. The van der Waals surface area contributed by atoms with Crippen molar-refractivity contribution in [2.75, 3.05) is 26.5 Å². The van der Waals surface area contributed by atoms with Crippen LogP contribution in [0.1, 0.15) is 29.3 Å². The van der Waals surface area contributed by atoms with Crippen LogP contribution in [0.2, 0.25) is 0 Å². The van der Waals surface area contributed by atoms with Crippen LogP contribution in [0.4, 0.5) is 0 Å². The van der Waals surface area contributed by atoms with Crippen molar-refractivity contribution in [2.24, 2.45) is 0 Å². The lowest BCUT2D eigenvalue weighted by atomic mass is 9.93. The third kappa shape index (κ3) is 3.23.